The molecule has 1 aliphatic rings. The third-order valence-corrected chi connectivity index (χ3v) is 4.62. The summed E-state index contributed by atoms with van der Waals surface area (Å²) >= 11 is 0. The van der Waals surface area contributed by atoms with Crippen LogP contribution < -0.4 is 5.32 Å². The molecule has 0 bridgehead atoms. The summed E-state index contributed by atoms with van der Waals surface area (Å²) in [6, 6.07) is 5.85. The molecule has 1 atom stereocenters. The van der Waals surface area contributed by atoms with Gasteiger partial charge in [-0.25, -0.2) is 9.48 Å². The molecule has 0 saturated carbocycles. The third-order valence-electron chi connectivity index (χ3n) is 4.62. The first-order valence-electron chi connectivity index (χ1n) is 8.70. The van der Waals surface area contributed by atoms with E-state index < -0.39 is 29.7 Å². The first-order chi connectivity index (χ1) is 13.2. The molecular weight excluding hydrogens is 377 g/mol. The zero-order valence-electron chi connectivity index (χ0n) is 14.8. The molecule has 150 valence electrons. The summed E-state index contributed by atoms with van der Waals surface area (Å²) in [4.78, 5) is 25.0. The number of carbonyl (C=O) groups is 2. The number of halogens is 3. The van der Waals surface area contributed by atoms with Gasteiger partial charge in [0.15, 0.2) is 0 Å². The average Bonchev–Trinajstić information content (AvgIpc) is 3.08. The number of carboxylic acid groups (broad SMARTS) is 1. The van der Waals surface area contributed by atoms with Crippen molar-refractivity contribution in [2.75, 3.05) is 18.4 Å². The van der Waals surface area contributed by atoms with Gasteiger partial charge in [-0.2, -0.15) is 18.3 Å². The van der Waals surface area contributed by atoms with Gasteiger partial charge in [-0.3, -0.25) is 10.1 Å². The first kappa shape index (κ1) is 19.7. The van der Waals surface area contributed by atoms with Gasteiger partial charge in [0.1, 0.15) is 5.82 Å². The number of urea groups is 1. The van der Waals surface area contributed by atoms with Crippen molar-refractivity contribution in [1.82, 2.24) is 14.7 Å². The number of benzene rings is 1. The Kier molecular flexibility index (Phi) is 5.57. The number of hydrogen-bond acceptors (Lipinski definition) is 3. The Balaban J connectivity index is 1.65. The predicted molar refractivity (Wildman–Crippen MR) is 93.7 cm³/mol. The van der Waals surface area contributed by atoms with Gasteiger partial charge in [0.2, 0.25) is 0 Å². The molecule has 1 saturated heterocycles. The van der Waals surface area contributed by atoms with Crippen LogP contribution in [0.25, 0.3) is 0 Å². The molecule has 3 rings (SSSR count). The van der Waals surface area contributed by atoms with Crippen LogP contribution >= 0.6 is 0 Å². The van der Waals surface area contributed by atoms with E-state index in [-0.39, 0.29) is 13.1 Å². The van der Waals surface area contributed by atoms with E-state index in [1.165, 1.54) is 27.9 Å². The fourth-order valence-electron chi connectivity index (χ4n) is 3.09. The molecule has 2 N–H and O–H groups in total. The zero-order valence-corrected chi connectivity index (χ0v) is 14.8. The highest BCUT2D eigenvalue weighted by molar-refractivity contribution is 5.88. The summed E-state index contributed by atoms with van der Waals surface area (Å²) in [6.07, 6.45) is -1.79. The number of carbonyl (C=O) groups excluding carboxylic acids is 1. The number of rotatable bonds is 4. The smallest absolute Gasteiger partial charge is 0.416 e. The standard InChI is InChI=1S/C18H19F3N4O3/c19-18(20,21)14-5-3-12(4-6-14)10-25-15(7-8-22-25)23-17(28)24-9-1-2-13(11-24)16(26)27/h3-8,13H,1-2,9-11H2,(H,23,28)(H,26,27). The van der Waals surface area contributed by atoms with E-state index in [1.807, 2.05) is 0 Å². The van der Waals surface area contributed by atoms with Crippen LogP contribution in [0.5, 0.6) is 0 Å². The molecule has 7 nitrogen and oxygen atoms in total. The van der Waals surface area contributed by atoms with Crippen LogP contribution in [-0.4, -0.2) is 44.9 Å². The highest BCUT2D eigenvalue weighted by Gasteiger charge is 2.30. The quantitative estimate of drug-likeness (QED) is 0.830. The Morgan fingerprint density at radius 2 is 1.93 bits per heavy atom. The van der Waals surface area contributed by atoms with Crippen LogP contribution in [-0.2, 0) is 17.5 Å². The van der Waals surface area contributed by atoms with Crippen LogP contribution in [0, 0.1) is 5.92 Å². The minimum atomic E-state index is -4.40. The number of anilines is 1. The van der Waals surface area contributed by atoms with Crippen molar-refractivity contribution in [2.24, 2.45) is 5.92 Å². The van der Waals surface area contributed by atoms with Crippen LogP contribution in [0.1, 0.15) is 24.0 Å². The molecule has 0 spiro atoms. The lowest BCUT2D eigenvalue weighted by molar-refractivity contribution is -0.143. The minimum absolute atomic E-state index is 0.133. The van der Waals surface area contributed by atoms with E-state index in [9.17, 15) is 22.8 Å². The fraction of sp³-hybridized carbons (Fsp3) is 0.389. The number of aliphatic carboxylic acids is 1. The molecule has 0 radical (unpaired) electrons. The molecular formula is C18H19F3N4O3. The number of likely N-dealkylation sites (tertiary alicyclic amines) is 1. The highest BCUT2D eigenvalue weighted by Crippen LogP contribution is 2.29. The lowest BCUT2D eigenvalue weighted by Crippen LogP contribution is -2.44. The summed E-state index contributed by atoms with van der Waals surface area (Å²) < 4.78 is 39.4. The molecule has 1 fully saturated rings. The highest BCUT2D eigenvalue weighted by atomic mass is 19.4. The summed E-state index contributed by atoms with van der Waals surface area (Å²) in [6.45, 7) is 0.773. The molecule has 1 aromatic heterocycles. The lowest BCUT2D eigenvalue weighted by atomic mass is 9.99. The van der Waals surface area contributed by atoms with Crippen LogP contribution in [0.3, 0.4) is 0 Å². The number of alkyl halides is 3. The minimum Gasteiger partial charge on any atom is -0.481 e. The number of aromatic nitrogens is 2. The van der Waals surface area contributed by atoms with Crippen molar-refractivity contribution < 1.29 is 27.9 Å². The lowest BCUT2D eigenvalue weighted by Gasteiger charge is -2.30. The number of piperidine rings is 1. The van der Waals surface area contributed by atoms with Gasteiger partial charge in [-0.05, 0) is 30.5 Å². The van der Waals surface area contributed by atoms with Gasteiger partial charge in [0.05, 0.1) is 24.2 Å². The van der Waals surface area contributed by atoms with Crippen molar-refractivity contribution in [3.05, 3.63) is 47.7 Å². The molecule has 2 heterocycles. The summed E-state index contributed by atoms with van der Waals surface area (Å²) in [5, 5.41) is 15.9. The molecule has 10 heteroatoms. The molecule has 2 amide bonds. The van der Waals surface area contributed by atoms with Crippen molar-refractivity contribution >= 4 is 17.8 Å². The molecule has 1 aliphatic heterocycles. The van der Waals surface area contributed by atoms with Crippen molar-refractivity contribution in [3.63, 3.8) is 0 Å². The summed E-state index contributed by atoms with van der Waals surface area (Å²) in [5.74, 6) is -1.14. The van der Waals surface area contributed by atoms with E-state index in [2.05, 4.69) is 10.4 Å². The zero-order chi connectivity index (χ0) is 20.3. The van der Waals surface area contributed by atoms with Gasteiger partial charge in [0.25, 0.3) is 0 Å². The first-order valence-corrected chi connectivity index (χ1v) is 8.70. The van der Waals surface area contributed by atoms with E-state index in [4.69, 9.17) is 5.11 Å². The number of nitrogens with one attached hydrogen (secondary N) is 1. The van der Waals surface area contributed by atoms with E-state index >= 15 is 0 Å². The molecule has 1 aromatic carbocycles. The third kappa shape index (κ3) is 4.62. The average molecular weight is 396 g/mol. The topological polar surface area (TPSA) is 87.5 Å². The van der Waals surface area contributed by atoms with Crippen LogP contribution in [0.2, 0.25) is 0 Å². The molecule has 28 heavy (non-hydrogen) atoms. The van der Waals surface area contributed by atoms with Crippen molar-refractivity contribution in [2.45, 2.75) is 25.6 Å². The summed E-state index contributed by atoms with van der Waals surface area (Å²) in [7, 11) is 0. The van der Waals surface area contributed by atoms with E-state index in [0.717, 1.165) is 12.1 Å². The Morgan fingerprint density at radius 3 is 2.57 bits per heavy atom. The maximum atomic E-state index is 12.7. The SMILES string of the molecule is O=C(O)C1CCCN(C(=O)Nc2ccnn2Cc2ccc(C(F)(F)F)cc2)C1. The second-order valence-corrected chi connectivity index (χ2v) is 6.62. The number of carboxylic acids is 1. The van der Waals surface area contributed by atoms with Crippen LogP contribution in [0.4, 0.5) is 23.8 Å². The Morgan fingerprint density at radius 1 is 1.21 bits per heavy atom. The number of hydrogen-bond donors (Lipinski definition) is 2. The molecule has 2 aromatic rings. The largest absolute Gasteiger partial charge is 0.481 e. The van der Waals surface area contributed by atoms with Gasteiger partial charge in [0, 0.05) is 19.2 Å². The predicted octanol–water partition coefficient (Wildman–Crippen LogP) is 3.28. The Bertz CT molecular complexity index is 849. The summed E-state index contributed by atoms with van der Waals surface area (Å²) in [5.41, 5.74) is -0.139. The van der Waals surface area contributed by atoms with Gasteiger partial charge < -0.3 is 10.0 Å². The van der Waals surface area contributed by atoms with Gasteiger partial charge in [-0.1, -0.05) is 12.1 Å². The van der Waals surface area contributed by atoms with Crippen molar-refractivity contribution in [1.29, 1.82) is 0 Å². The monoisotopic (exact) mass is 396 g/mol. The van der Waals surface area contributed by atoms with Crippen LogP contribution in [0.15, 0.2) is 36.5 Å². The maximum absolute atomic E-state index is 12.7. The fourth-order valence-corrected chi connectivity index (χ4v) is 3.09. The second kappa shape index (κ2) is 7.91. The van der Waals surface area contributed by atoms with E-state index in [1.54, 1.807) is 6.07 Å². The van der Waals surface area contributed by atoms with E-state index in [0.29, 0.717) is 30.8 Å². The van der Waals surface area contributed by atoms with Crippen molar-refractivity contribution in [3.8, 4) is 0 Å². The Labute approximate surface area is 158 Å². The molecule has 0 aliphatic carbocycles. The second-order valence-electron chi connectivity index (χ2n) is 6.62. The number of amides is 2. The van der Waals surface area contributed by atoms with Gasteiger partial charge in [-0.15, -0.1) is 0 Å². The normalized spacial score (nSPS) is 17.4. The number of nitrogens with zero attached hydrogens (tertiary/aromatic N) is 3. The Hall–Kier alpha value is -3.04. The van der Waals surface area contributed by atoms with Gasteiger partial charge >= 0.3 is 18.2 Å². The maximum Gasteiger partial charge on any atom is 0.416 e. The molecule has 1 unspecified atom stereocenters.